The lowest BCUT2D eigenvalue weighted by Crippen LogP contribution is -2.17. The zero-order valence-electron chi connectivity index (χ0n) is 14.6. The molecule has 0 radical (unpaired) electrons. The van der Waals surface area contributed by atoms with Gasteiger partial charge in [0.15, 0.2) is 11.5 Å². The molecule has 0 spiro atoms. The number of hydrogen-bond donors (Lipinski definition) is 0. The highest BCUT2D eigenvalue weighted by Gasteiger charge is 2.18. The maximum Gasteiger partial charge on any atom is 0.218 e. The Labute approximate surface area is 164 Å². The summed E-state index contributed by atoms with van der Waals surface area (Å²) in [6.45, 7) is 1.75. The van der Waals surface area contributed by atoms with Crippen molar-refractivity contribution in [3.05, 3.63) is 77.1 Å². The molecular formula is C21H13ClF2N2O2. The third-order valence-electron chi connectivity index (χ3n) is 4.32. The fraction of sp³-hybridized carbons (Fsp3) is 0.0476. The van der Waals surface area contributed by atoms with Crippen LogP contribution in [0.15, 0.2) is 59.0 Å². The second-order valence-corrected chi connectivity index (χ2v) is 6.53. The summed E-state index contributed by atoms with van der Waals surface area (Å²) in [4.78, 5) is 16.7. The molecule has 0 saturated heterocycles. The van der Waals surface area contributed by atoms with Crippen LogP contribution < -0.4 is 4.90 Å². The van der Waals surface area contributed by atoms with Crippen molar-refractivity contribution in [3.63, 3.8) is 0 Å². The summed E-state index contributed by atoms with van der Waals surface area (Å²) < 4.78 is 33.6. The molecule has 1 heterocycles. The van der Waals surface area contributed by atoms with Crippen LogP contribution in [-0.4, -0.2) is 11.4 Å². The molecule has 1 aromatic heterocycles. The average Bonchev–Trinajstić information content (AvgIpc) is 3.03. The first-order valence-electron chi connectivity index (χ1n) is 8.33. The van der Waals surface area contributed by atoms with Crippen molar-refractivity contribution in [2.24, 2.45) is 0 Å². The number of hydrogen-bond acceptors (Lipinski definition) is 3. The van der Waals surface area contributed by atoms with Crippen molar-refractivity contribution in [2.45, 2.75) is 6.92 Å². The van der Waals surface area contributed by atoms with E-state index in [1.807, 2.05) is 0 Å². The number of halogens is 3. The van der Waals surface area contributed by atoms with Gasteiger partial charge in [0.1, 0.15) is 22.8 Å². The lowest BCUT2D eigenvalue weighted by Gasteiger charge is -2.19. The molecule has 4 rings (SSSR count). The quantitative estimate of drug-likeness (QED) is 0.394. The normalized spacial score (nSPS) is 11.0. The van der Waals surface area contributed by atoms with E-state index in [1.165, 1.54) is 6.07 Å². The van der Waals surface area contributed by atoms with E-state index in [2.05, 4.69) is 4.98 Å². The zero-order valence-corrected chi connectivity index (χ0v) is 15.4. The van der Waals surface area contributed by atoms with Crippen LogP contribution in [-0.2, 0) is 4.79 Å². The van der Waals surface area contributed by atoms with Gasteiger partial charge in [-0.1, -0.05) is 29.8 Å². The number of anilines is 2. The average molecular weight is 399 g/mol. The Morgan fingerprint density at radius 2 is 1.75 bits per heavy atom. The van der Waals surface area contributed by atoms with Crippen LogP contribution in [0.1, 0.15) is 5.89 Å². The standard InChI is InChI=1S/C21H13ClF2N2O2/c1-12-25-19-10-16(22)15(9-20(19)28-12)13-5-7-14(8-6-13)26(11-27)21-17(23)3-2-4-18(21)24/h2-11H,1H3. The molecule has 4 aromatic rings. The third kappa shape index (κ3) is 3.12. The second kappa shape index (κ2) is 7.05. The summed E-state index contributed by atoms with van der Waals surface area (Å²) in [6, 6.07) is 13.5. The predicted molar refractivity (Wildman–Crippen MR) is 104 cm³/mol. The number of para-hydroxylation sites is 1. The Balaban J connectivity index is 1.74. The van der Waals surface area contributed by atoms with Crippen LogP contribution in [0.2, 0.25) is 5.02 Å². The molecule has 0 atom stereocenters. The Morgan fingerprint density at radius 1 is 1.07 bits per heavy atom. The van der Waals surface area contributed by atoms with Gasteiger partial charge in [0, 0.05) is 18.2 Å². The first kappa shape index (κ1) is 18.1. The molecule has 4 nitrogen and oxygen atoms in total. The molecule has 0 bridgehead atoms. The van der Waals surface area contributed by atoms with Gasteiger partial charge in [0.25, 0.3) is 0 Å². The highest BCUT2D eigenvalue weighted by atomic mass is 35.5. The van der Waals surface area contributed by atoms with Gasteiger partial charge in [-0.2, -0.15) is 0 Å². The van der Waals surface area contributed by atoms with E-state index in [0.717, 1.165) is 22.6 Å². The summed E-state index contributed by atoms with van der Waals surface area (Å²) in [7, 11) is 0. The van der Waals surface area contributed by atoms with Crippen molar-refractivity contribution in [1.29, 1.82) is 0 Å². The summed E-state index contributed by atoms with van der Waals surface area (Å²) >= 11 is 6.37. The van der Waals surface area contributed by atoms with E-state index in [4.69, 9.17) is 16.0 Å². The highest BCUT2D eigenvalue weighted by Crippen LogP contribution is 2.35. The van der Waals surface area contributed by atoms with Crippen LogP contribution in [0.4, 0.5) is 20.2 Å². The number of oxazole rings is 1. The molecule has 140 valence electrons. The minimum atomic E-state index is -0.828. The predicted octanol–water partition coefficient (Wildman–Crippen LogP) is 6.03. The third-order valence-corrected chi connectivity index (χ3v) is 4.64. The number of fused-ring (bicyclic) bond motifs is 1. The van der Waals surface area contributed by atoms with Crippen molar-refractivity contribution >= 4 is 40.5 Å². The van der Waals surface area contributed by atoms with Gasteiger partial charge in [-0.25, -0.2) is 13.8 Å². The number of aryl methyl sites for hydroxylation is 1. The number of benzene rings is 3. The van der Waals surface area contributed by atoms with Crippen LogP contribution in [0, 0.1) is 18.6 Å². The molecule has 0 N–H and O–H groups in total. The monoisotopic (exact) mass is 398 g/mol. The topological polar surface area (TPSA) is 46.3 Å². The first-order chi connectivity index (χ1) is 13.5. The lowest BCUT2D eigenvalue weighted by atomic mass is 10.0. The molecule has 0 saturated carbocycles. The molecule has 28 heavy (non-hydrogen) atoms. The van der Waals surface area contributed by atoms with Crippen LogP contribution in [0.5, 0.6) is 0 Å². The molecule has 0 aliphatic heterocycles. The van der Waals surface area contributed by atoms with Crippen LogP contribution in [0.3, 0.4) is 0 Å². The zero-order chi connectivity index (χ0) is 19.8. The van der Waals surface area contributed by atoms with E-state index >= 15 is 0 Å². The molecule has 0 aliphatic carbocycles. The fourth-order valence-corrected chi connectivity index (χ4v) is 3.32. The van der Waals surface area contributed by atoms with E-state index in [1.54, 1.807) is 43.3 Å². The van der Waals surface area contributed by atoms with E-state index in [0.29, 0.717) is 39.7 Å². The molecular weight excluding hydrogens is 386 g/mol. The Morgan fingerprint density at radius 3 is 2.39 bits per heavy atom. The summed E-state index contributed by atoms with van der Waals surface area (Å²) in [5, 5.41) is 0.487. The summed E-state index contributed by atoms with van der Waals surface area (Å²) in [6.07, 6.45) is 0.368. The van der Waals surface area contributed by atoms with Gasteiger partial charge in [-0.3, -0.25) is 9.69 Å². The molecule has 0 aliphatic rings. The van der Waals surface area contributed by atoms with E-state index in [-0.39, 0.29) is 0 Å². The Kier molecular flexibility index (Phi) is 4.57. The van der Waals surface area contributed by atoms with Gasteiger partial charge < -0.3 is 4.42 Å². The van der Waals surface area contributed by atoms with Crippen molar-refractivity contribution in [2.75, 3.05) is 4.90 Å². The van der Waals surface area contributed by atoms with Gasteiger partial charge >= 0.3 is 0 Å². The summed E-state index contributed by atoms with van der Waals surface area (Å²) in [5.41, 5.74) is 2.61. The maximum atomic E-state index is 14.0. The van der Waals surface area contributed by atoms with Gasteiger partial charge in [-0.05, 0) is 42.0 Å². The van der Waals surface area contributed by atoms with Crippen molar-refractivity contribution < 1.29 is 18.0 Å². The van der Waals surface area contributed by atoms with E-state index < -0.39 is 17.3 Å². The van der Waals surface area contributed by atoms with Crippen LogP contribution in [0.25, 0.3) is 22.2 Å². The lowest BCUT2D eigenvalue weighted by molar-refractivity contribution is -0.106. The Hall–Kier alpha value is -3.25. The number of rotatable bonds is 4. The van der Waals surface area contributed by atoms with Crippen molar-refractivity contribution in [1.82, 2.24) is 4.98 Å². The highest BCUT2D eigenvalue weighted by molar-refractivity contribution is 6.34. The molecule has 0 fully saturated rings. The SMILES string of the molecule is Cc1nc2cc(Cl)c(-c3ccc(N(C=O)c4c(F)cccc4F)cc3)cc2o1. The number of amides is 1. The second-order valence-electron chi connectivity index (χ2n) is 6.13. The number of carbonyl (C=O) groups excluding carboxylic acids is 1. The number of aromatic nitrogens is 1. The minimum Gasteiger partial charge on any atom is -0.441 e. The molecule has 3 aromatic carbocycles. The largest absolute Gasteiger partial charge is 0.441 e. The number of carbonyl (C=O) groups is 1. The molecule has 1 amide bonds. The fourth-order valence-electron chi connectivity index (χ4n) is 3.05. The van der Waals surface area contributed by atoms with Crippen molar-refractivity contribution in [3.8, 4) is 11.1 Å². The maximum absolute atomic E-state index is 14.0. The Bertz CT molecular complexity index is 1170. The first-order valence-corrected chi connectivity index (χ1v) is 8.71. The van der Waals surface area contributed by atoms with Gasteiger partial charge in [-0.15, -0.1) is 0 Å². The van der Waals surface area contributed by atoms with Gasteiger partial charge in [0.2, 0.25) is 6.41 Å². The van der Waals surface area contributed by atoms with Crippen LogP contribution >= 0.6 is 11.6 Å². The van der Waals surface area contributed by atoms with E-state index in [9.17, 15) is 13.6 Å². The molecule has 7 heteroatoms. The van der Waals surface area contributed by atoms with Gasteiger partial charge in [0.05, 0.1) is 5.02 Å². The minimum absolute atomic E-state index is 0.315. The molecule has 0 unspecified atom stereocenters. The smallest absolute Gasteiger partial charge is 0.218 e. The summed E-state index contributed by atoms with van der Waals surface area (Å²) in [5.74, 6) is -1.12. The number of nitrogens with zero attached hydrogens (tertiary/aromatic N) is 2.